The molecule has 0 spiro atoms. The van der Waals surface area contributed by atoms with E-state index < -0.39 is 23.7 Å². The van der Waals surface area contributed by atoms with Gasteiger partial charge in [-0.3, -0.25) is 9.59 Å². The van der Waals surface area contributed by atoms with Gasteiger partial charge in [-0.05, 0) is 43.3 Å². The Hall–Kier alpha value is -3.51. The van der Waals surface area contributed by atoms with E-state index in [1.807, 2.05) is 6.92 Å². The first-order chi connectivity index (χ1) is 14.9. The number of fused-ring (bicyclic) bond motifs is 1. The van der Waals surface area contributed by atoms with Crippen LogP contribution in [0.15, 0.2) is 72.8 Å². The van der Waals surface area contributed by atoms with Gasteiger partial charge in [-0.1, -0.05) is 36.4 Å². The number of ether oxygens (including phenoxy) is 1. The fourth-order valence-corrected chi connectivity index (χ4v) is 3.87. The SMILES string of the molecule is CCOc1ccc(C(=O)C[C@@]2(O)C(=O)N(Cc3ccccc3F)c3ccccc32)cc1. The lowest BCUT2D eigenvalue weighted by molar-refractivity contribution is -0.136. The van der Waals surface area contributed by atoms with Crippen molar-refractivity contribution in [2.45, 2.75) is 25.5 Å². The zero-order valence-corrected chi connectivity index (χ0v) is 17.0. The molecule has 1 aliphatic rings. The van der Waals surface area contributed by atoms with Crippen LogP contribution in [0, 0.1) is 5.82 Å². The number of benzene rings is 3. The number of amides is 1. The van der Waals surface area contributed by atoms with Crippen molar-refractivity contribution < 1.29 is 23.8 Å². The average molecular weight is 419 g/mol. The molecule has 0 aliphatic carbocycles. The molecular weight excluding hydrogens is 397 g/mol. The van der Waals surface area contributed by atoms with Crippen LogP contribution in [-0.4, -0.2) is 23.4 Å². The molecule has 158 valence electrons. The Morgan fingerprint density at radius 1 is 1.03 bits per heavy atom. The first-order valence-electron chi connectivity index (χ1n) is 10.1. The Labute approximate surface area is 179 Å². The maximum absolute atomic E-state index is 14.2. The summed E-state index contributed by atoms with van der Waals surface area (Å²) in [7, 11) is 0. The first kappa shape index (κ1) is 20.8. The van der Waals surface area contributed by atoms with Crippen LogP contribution in [0.4, 0.5) is 10.1 Å². The molecule has 3 aromatic rings. The summed E-state index contributed by atoms with van der Waals surface area (Å²) in [4.78, 5) is 27.5. The molecule has 0 fully saturated rings. The number of carbonyl (C=O) groups is 2. The Balaban J connectivity index is 1.63. The van der Waals surface area contributed by atoms with Crippen LogP contribution in [0.25, 0.3) is 0 Å². The van der Waals surface area contributed by atoms with Crippen LogP contribution in [0.3, 0.4) is 0 Å². The van der Waals surface area contributed by atoms with E-state index >= 15 is 0 Å². The molecule has 6 heteroatoms. The van der Waals surface area contributed by atoms with Gasteiger partial charge in [0, 0.05) is 16.7 Å². The van der Waals surface area contributed by atoms with Crippen molar-refractivity contribution in [3.8, 4) is 5.75 Å². The van der Waals surface area contributed by atoms with Crippen LogP contribution < -0.4 is 9.64 Å². The summed E-state index contributed by atoms with van der Waals surface area (Å²) in [6.45, 7) is 2.34. The minimum atomic E-state index is -2.02. The molecule has 5 nitrogen and oxygen atoms in total. The Morgan fingerprint density at radius 3 is 2.42 bits per heavy atom. The van der Waals surface area contributed by atoms with E-state index in [2.05, 4.69) is 0 Å². The van der Waals surface area contributed by atoms with E-state index in [9.17, 15) is 19.1 Å². The second kappa shape index (κ2) is 8.32. The highest BCUT2D eigenvalue weighted by atomic mass is 19.1. The second-order valence-electron chi connectivity index (χ2n) is 7.42. The first-order valence-corrected chi connectivity index (χ1v) is 10.1. The van der Waals surface area contributed by atoms with E-state index in [0.717, 1.165) is 0 Å². The molecule has 0 saturated heterocycles. The summed E-state index contributed by atoms with van der Waals surface area (Å²) < 4.78 is 19.6. The molecule has 1 N–H and O–H groups in total. The van der Waals surface area contributed by atoms with E-state index in [-0.39, 0.29) is 12.3 Å². The fourth-order valence-electron chi connectivity index (χ4n) is 3.87. The molecular formula is C25H22FNO4. The van der Waals surface area contributed by atoms with Crippen molar-refractivity contribution in [1.82, 2.24) is 0 Å². The van der Waals surface area contributed by atoms with E-state index in [1.165, 1.54) is 11.0 Å². The van der Waals surface area contributed by atoms with Gasteiger partial charge in [0.05, 0.1) is 25.3 Å². The van der Waals surface area contributed by atoms with Gasteiger partial charge in [-0.15, -0.1) is 0 Å². The highest BCUT2D eigenvalue weighted by Crippen LogP contribution is 2.43. The van der Waals surface area contributed by atoms with Crippen LogP contribution in [0.2, 0.25) is 0 Å². The highest BCUT2D eigenvalue weighted by Gasteiger charge is 2.50. The minimum absolute atomic E-state index is 0.0396. The highest BCUT2D eigenvalue weighted by molar-refractivity contribution is 6.10. The summed E-state index contributed by atoms with van der Waals surface area (Å²) in [6, 6.07) is 19.5. The van der Waals surface area contributed by atoms with Crippen LogP contribution in [0.1, 0.15) is 34.8 Å². The van der Waals surface area contributed by atoms with Gasteiger partial charge >= 0.3 is 0 Å². The van der Waals surface area contributed by atoms with Gasteiger partial charge in [0.25, 0.3) is 5.91 Å². The zero-order valence-electron chi connectivity index (χ0n) is 17.0. The third-order valence-electron chi connectivity index (χ3n) is 5.43. The number of hydrogen-bond acceptors (Lipinski definition) is 4. The molecule has 0 aromatic heterocycles. The number of ketones is 1. The Bertz CT molecular complexity index is 1130. The van der Waals surface area contributed by atoms with Crippen molar-refractivity contribution in [3.63, 3.8) is 0 Å². The lowest BCUT2D eigenvalue weighted by atomic mass is 9.88. The Kier molecular flexibility index (Phi) is 5.57. The molecule has 0 bridgehead atoms. The van der Waals surface area contributed by atoms with Gasteiger partial charge in [-0.2, -0.15) is 0 Å². The van der Waals surface area contributed by atoms with E-state index in [0.29, 0.717) is 34.7 Å². The maximum atomic E-state index is 14.2. The number of Topliss-reactive ketones (excluding diaryl/α,β-unsaturated/α-hetero) is 1. The summed E-state index contributed by atoms with van der Waals surface area (Å²) >= 11 is 0. The van der Waals surface area contributed by atoms with Gasteiger partial charge < -0.3 is 14.7 Å². The maximum Gasteiger partial charge on any atom is 0.264 e. The minimum Gasteiger partial charge on any atom is -0.494 e. The van der Waals surface area contributed by atoms with Gasteiger partial charge in [-0.25, -0.2) is 4.39 Å². The summed E-state index contributed by atoms with van der Waals surface area (Å²) in [6.07, 6.45) is -0.412. The number of halogens is 1. The van der Waals surface area contributed by atoms with Crippen LogP contribution in [0.5, 0.6) is 5.75 Å². The smallest absolute Gasteiger partial charge is 0.264 e. The van der Waals surface area contributed by atoms with Gasteiger partial charge in [0.2, 0.25) is 0 Å². The number of para-hydroxylation sites is 1. The zero-order chi connectivity index (χ0) is 22.0. The third kappa shape index (κ3) is 3.82. The molecule has 0 unspecified atom stereocenters. The van der Waals surface area contributed by atoms with Crippen LogP contribution >= 0.6 is 0 Å². The van der Waals surface area contributed by atoms with Crippen molar-refractivity contribution in [2.24, 2.45) is 0 Å². The standard InChI is InChI=1S/C25H22FNO4/c1-2-31-19-13-11-17(12-14-19)23(28)15-25(30)20-8-4-6-10-22(20)27(24(25)29)16-18-7-3-5-9-21(18)26/h3-14,30H,2,15-16H2,1H3/t25-/m0/s1. The number of rotatable bonds is 7. The number of anilines is 1. The number of aliphatic hydroxyl groups is 1. The van der Waals surface area contributed by atoms with E-state index in [1.54, 1.807) is 66.7 Å². The van der Waals surface area contributed by atoms with Crippen molar-refractivity contribution in [1.29, 1.82) is 0 Å². The number of carbonyl (C=O) groups excluding carboxylic acids is 2. The van der Waals surface area contributed by atoms with Crippen LogP contribution in [-0.2, 0) is 16.9 Å². The summed E-state index contributed by atoms with van der Waals surface area (Å²) in [5.74, 6) is -0.817. The lowest BCUT2D eigenvalue weighted by Crippen LogP contribution is -2.41. The molecule has 0 saturated carbocycles. The predicted octanol–water partition coefficient (Wildman–Crippen LogP) is 4.23. The van der Waals surface area contributed by atoms with Crippen molar-refractivity contribution in [2.75, 3.05) is 11.5 Å². The van der Waals surface area contributed by atoms with E-state index in [4.69, 9.17) is 4.74 Å². The van der Waals surface area contributed by atoms with Gasteiger partial charge in [0.15, 0.2) is 11.4 Å². The largest absolute Gasteiger partial charge is 0.494 e. The average Bonchev–Trinajstić information content (AvgIpc) is 2.98. The van der Waals surface area contributed by atoms with Crippen molar-refractivity contribution in [3.05, 3.63) is 95.3 Å². The molecule has 31 heavy (non-hydrogen) atoms. The molecule has 1 atom stereocenters. The summed E-state index contributed by atoms with van der Waals surface area (Å²) in [5.41, 5.74) is -0.506. The monoisotopic (exact) mass is 419 g/mol. The molecule has 1 aliphatic heterocycles. The Morgan fingerprint density at radius 2 is 1.71 bits per heavy atom. The topological polar surface area (TPSA) is 66.8 Å². The van der Waals surface area contributed by atoms with Crippen molar-refractivity contribution >= 4 is 17.4 Å². The van der Waals surface area contributed by atoms with Gasteiger partial charge in [0.1, 0.15) is 11.6 Å². The molecule has 4 rings (SSSR count). The number of hydrogen-bond donors (Lipinski definition) is 1. The normalized spacial score (nSPS) is 17.5. The molecule has 1 amide bonds. The second-order valence-corrected chi connectivity index (χ2v) is 7.42. The summed E-state index contributed by atoms with van der Waals surface area (Å²) in [5, 5.41) is 11.4. The fraction of sp³-hybridized carbons (Fsp3) is 0.200. The molecule has 3 aromatic carbocycles. The third-order valence-corrected chi connectivity index (χ3v) is 5.43. The lowest BCUT2D eigenvalue weighted by Gasteiger charge is -2.23. The number of nitrogens with zero attached hydrogens (tertiary/aromatic N) is 1. The molecule has 1 heterocycles. The molecule has 0 radical (unpaired) electrons. The predicted molar refractivity (Wildman–Crippen MR) is 114 cm³/mol. The quantitative estimate of drug-likeness (QED) is 0.582.